The van der Waals surface area contributed by atoms with Crippen molar-refractivity contribution in [1.82, 2.24) is 10.2 Å². The lowest BCUT2D eigenvalue weighted by Gasteiger charge is -2.40. The number of aliphatic hydroxyl groups is 1. The molecule has 0 bridgehead atoms. The van der Waals surface area contributed by atoms with Crippen LogP contribution in [0.4, 0.5) is 0 Å². The Labute approximate surface area is 117 Å². The number of nitrogens with one attached hydrogen (secondary N) is 1. The van der Waals surface area contributed by atoms with Crippen molar-refractivity contribution in [2.75, 3.05) is 52.5 Å². The smallest absolute Gasteiger partial charge is 0.0546 e. The number of rotatable bonds is 7. The molecule has 0 aliphatic carbocycles. The third kappa shape index (κ3) is 4.42. The van der Waals surface area contributed by atoms with Gasteiger partial charge in [-0.2, -0.15) is 0 Å². The summed E-state index contributed by atoms with van der Waals surface area (Å²) < 4.78 is 5.76. The Morgan fingerprint density at radius 1 is 1.47 bits per heavy atom. The van der Waals surface area contributed by atoms with Crippen molar-refractivity contribution in [2.45, 2.75) is 32.6 Å². The molecule has 2 rings (SSSR count). The first-order valence-corrected chi connectivity index (χ1v) is 7.90. The van der Waals surface area contributed by atoms with Crippen LogP contribution in [0.25, 0.3) is 0 Å². The number of hydrogen-bond acceptors (Lipinski definition) is 4. The molecular formula is C15H30N2O2. The van der Waals surface area contributed by atoms with Crippen LogP contribution in [-0.4, -0.2) is 62.6 Å². The van der Waals surface area contributed by atoms with E-state index in [2.05, 4.69) is 17.1 Å². The first-order chi connectivity index (χ1) is 9.28. The summed E-state index contributed by atoms with van der Waals surface area (Å²) in [5, 5.41) is 12.9. The number of likely N-dealkylation sites (tertiary alicyclic amines) is 1. The Morgan fingerprint density at radius 2 is 2.37 bits per heavy atom. The molecule has 0 amide bonds. The maximum Gasteiger partial charge on any atom is 0.0546 e. The Kier molecular flexibility index (Phi) is 6.07. The highest BCUT2D eigenvalue weighted by Gasteiger charge is 2.36. The van der Waals surface area contributed by atoms with E-state index in [9.17, 15) is 5.11 Å². The summed E-state index contributed by atoms with van der Waals surface area (Å²) in [7, 11) is 0. The molecule has 0 radical (unpaired) electrons. The van der Waals surface area contributed by atoms with E-state index in [0.29, 0.717) is 12.5 Å². The normalized spacial score (nSPS) is 32.8. The van der Waals surface area contributed by atoms with E-state index < -0.39 is 0 Å². The fourth-order valence-corrected chi connectivity index (χ4v) is 3.44. The van der Waals surface area contributed by atoms with E-state index in [-0.39, 0.29) is 5.41 Å². The minimum Gasteiger partial charge on any atom is -0.396 e. The number of aliphatic hydroxyl groups excluding tert-OH is 1. The number of ether oxygens (including phenoxy) is 1. The third-order valence-electron chi connectivity index (χ3n) is 4.52. The van der Waals surface area contributed by atoms with Crippen molar-refractivity contribution in [2.24, 2.45) is 11.3 Å². The highest BCUT2D eigenvalue weighted by Crippen LogP contribution is 2.31. The molecule has 0 aromatic carbocycles. The van der Waals surface area contributed by atoms with Crippen LogP contribution in [0.5, 0.6) is 0 Å². The van der Waals surface area contributed by atoms with Gasteiger partial charge in [0.05, 0.1) is 6.61 Å². The predicted molar refractivity (Wildman–Crippen MR) is 77.3 cm³/mol. The van der Waals surface area contributed by atoms with E-state index in [1.54, 1.807) is 0 Å². The van der Waals surface area contributed by atoms with Gasteiger partial charge in [-0.15, -0.1) is 0 Å². The van der Waals surface area contributed by atoms with Gasteiger partial charge in [-0.25, -0.2) is 0 Å². The van der Waals surface area contributed by atoms with Gasteiger partial charge in [-0.05, 0) is 44.7 Å². The minimum atomic E-state index is 0.289. The van der Waals surface area contributed by atoms with Crippen LogP contribution in [0.3, 0.4) is 0 Å². The van der Waals surface area contributed by atoms with Gasteiger partial charge in [0.15, 0.2) is 0 Å². The summed E-state index contributed by atoms with van der Waals surface area (Å²) in [5.74, 6) is 0.491. The molecule has 2 heterocycles. The topological polar surface area (TPSA) is 44.7 Å². The van der Waals surface area contributed by atoms with Crippen LogP contribution >= 0.6 is 0 Å². The zero-order valence-corrected chi connectivity index (χ0v) is 12.4. The molecule has 0 aromatic rings. The number of nitrogens with zero attached hydrogens (tertiary/aromatic N) is 1. The van der Waals surface area contributed by atoms with E-state index in [0.717, 1.165) is 52.4 Å². The lowest BCUT2D eigenvalue weighted by atomic mass is 9.81. The number of hydrogen-bond donors (Lipinski definition) is 2. The van der Waals surface area contributed by atoms with Gasteiger partial charge in [0.25, 0.3) is 0 Å². The first kappa shape index (κ1) is 15.2. The molecule has 0 saturated carbocycles. The van der Waals surface area contributed by atoms with Gasteiger partial charge >= 0.3 is 0 Å². The summed E-state index contributed by atoms with van der Waals surface area (Å²) in [6.45, 7) is 9.87. The van der Waals surface area contributed by atoms with E-state index in [4.69, 9.17) is 4.74 Å². The van der Waals surface area contributed by atoms with Gasteiger partial charge < -0.3 is 20.1 Å². The molecule has 112 valence electrons. The van der Waals surface area contributed by atoms with Gasteiger partial charge in [-0.1, -0.05) is 6.92 Å². The van der Waals surface area contributed by atoms with Crippen LogP contribution in [0, 0.1) is 11.3 Å². The van der Waals surface area contributed by atoms with Gasteiger partial charge in [0, 0.05) is 38.3 Å². The van der Waals surface area contributed by atoms with Crippen LogP contribution in [0.15, 0.2) is 0 Å². The Bertz CT molecular complexity index is 255. The minimum absolute atomic E-state index is 0.289. The standard InChI is InChI=1S/C15H30N2O2/c1-2-6-16-11-15(5-3-8-19-13-15)12-17-7-4-14(9-17)10-18/h14,16,18H,2-13H2,1H3. The molecule has 0 spiro atoms. The molecule has 19 heavy (non-hydrogen) atoms. The summed E-state index contributed by atoms with van der Waals surface area (Å²) in [4.78, 5) is 2.53. The maximum atomic E-state index is 9.26. The lowest BCUT2D eigenvalue weighted by Crippen LogP contribution is -2.48. The van der Waals surface area contributed by atoms with Crippen LogP contribution < -0.4 is 5.32 Å². The zero-order chi connectivity index (χ0) is 13.6. The van der Waals surface area contributed by atoms with Crippen molar-refractivity contribution in [3.8, 4) is 0 Å². The Hall–Kier alpha value is -0.160. The van der Waals surface area contributed by atoms with Crippen LogP contribution in [-0.2, 0) is 4.74 Å². The molecule has 2 saturated heterocycles. The summed E-state index contributed by atoms with van der Waals surface area (Å²) >= 11 is 0. The maximum absolute atomic E-state index is 9.26. The Morgan fingerprint density at radius 3 is 3.00 bits per heavy atom. The molecule has 2 atom stereocenters. The second kappa shape index (κ2) is 7.58. The lowest BCUT2D eigenvalue weighted by molar-refractivity contribution is -0.0236. The molecule has 2 aliphatic rings. The molecule has 2 fully saturated rings. The summed E-state index contributed by atoms with van der Waals surface area (Å²) in [6, 6.07) is 0. The summed E-state index contributed by atoms with van der Waals surface area (Å²) in [5.41, 5.74) is 0.289. The van der Waals surface area contributed by atoms with Crippen molar-refractivity contribution in [3.63, 3.8) is 0 Å². The second-order valence-corrected chi connectivity index (χ2v) is 6.41. The van der Waals surface area contributed by atoms with Crippen LogP contribution in [0.2, 0.25) is 0 Å². The van der Waals surface area contributed by atoms with Crippen molar-refractivity contribution >= 4 is 0 Å². The fourth-order valence-electron chi connectivity index (χ4n) is 3.44. The summed E-state index contributed by atoms with van der Waals surface area (Å²) in [6.07, 6.45) is 4.79. The molecule has 2 N–H and O–H groups in total. The zero-order valence-electron chi connectivity index (χ0n) is 12.4. The van der Waals surface area contributed by atoms with Crippen molar-refractivity contribution in [1.29, 1.82) is 0 Å². The highest BCUT2D eigenvalue weighted by atomic mass is 16.5. The first-order valence-electron chi connectivity index (χ1n) is 7.90. The Balaban J connectivity index is 1.86. The van der Waals surface area contributed by atoms with Crippen molar-refractivity contribution in [3.05, 3.63) is 0 Å². The highest BCUT2D eigenvalue weighted by molar-refractivity contribution is 4.89. The average molecular weight is 270 g/mol. The monoisotopic (exact) mass is 270 g/mol. The SMILES string of the molecule is CCCNCC1(CN2CCC(CO)C2)CCCOC1. The second-order valence-electron chi connectivity index (χ2n) is 6.41. The quantitative estimate of drug-likeness (QED) is 0.680. The van der Waals surface area contributed by atoms with Gasteiger partial charge in [-0.3, -0.25) is 0 Å². The molecule has 2 unspecified atom stereocenters. The van der Waals surface area contributed by atoms with Gasteiger partial charge in [0.2, 0.25) is 0 Å². The van der Waals surface area contributed by atoms with E-state index in [1.165, 1.54) is 19.3 Å². The molecular weight excluding hydrogens is 240 g/mol. The molecule has 2 aliphatic heterocycles. The molecule has 0 aromatic heterocycles. The fraction of sp³-hybridized carbons (Fsp3) is 1.00. The van der Waals surface area contributed by atoms with E-state index in [1.807, 2.05) is 0 Å². The molecule has 4 nitrogen and oxygen atoms in total. The average Bonchev–Trinajstić information content (AvgIpc) is 2.87. The molecule has 4 heteroatoms. The van der Waals surface area contributed by atoms with Crippen LogP contribution in [0.1, 0.15) is 32.6 Å². The predicted octanol–water partition coefficient (Wildman–Crippen LogP) is 1.10. The largest absolute Gasteiger partial charge is 0.396 e. The van der Waals surface area contributed by atoms with Gasteiger partial charge in [0.1, 0.15) is 0 Å². The third-order valence-corrected chi connectivity index (χ3v) is 4.52. The van der Waals surface area contributed by atoms with E-state index >= 15 is 0 Å². The van der Waals surface area contributed by atoms with Crippen molar-refractivity contribution < 1.29 is 9.84 Å².